The maximum Gasteiger partial charge on any atom is 0.223 e. The summed E-state index contributed by atoms with van der Waals surface area (Å²) in [5.41, 5.74) is 0. The molecule has 2 fully saturated rings. The standard InChI is InChI=1S/C17H32N4O3.HI/c1-18-17(21-9-8-19-16(22)15-3-4-15)20-7-2-10-24-13-14-5-11-23-12-6-14;/h14-15H,2-13H2,1H3,(H,19,22)(H2,18,20,21);1H. The van der Waals surface area contributed by atoms with E-state index in [9.17, 15) is 4.79 Å². The van der Waals surface area contributed by atoms with Gasteiger partial charge in [0.1, 0.15) is 0 Å². The van der Waals surface area contributed by atoms with E-state index in [2.05, 4.69) is 20.9 Å². The molecule has 0 aromatic heterocycles. The Kier molecular flexibility index (Phi) is 12.2. The van der Waals surface area contributed by atoms with E-state index in [1.165, 1.54) is 0 Å². The number of carbonyl (C=O) groups is 1. The monoisotopic (exact) mass is 468 g/mol. The van der Waals surface area contributed by atoms with E-state index in [0.717, 1.165) is 71.0 Å². The predicted molar refractivity (Wildman–Crippen MR) is 109 cm³/mol. The van der Waals surface area contributed by atoms with Gasteiger partial charge in [0, 0.05) is 59.0 Å². The van der Waals surface area contributed by atoms with Crippen molar-refractivity contribution < 1.29 is 14.3 Å². The van der Waals surface area contributed by atoms with Gasteiger partial charge in [-0.25, -0.2) is 0 Å². The van der Waals surface area contributed by atoms with E-state index in [0.29, 0.717) is 19.0 Å². The Morgan fingerprint density at radius 2 is 1.76 bits per heavy atom. The van der Waals surface area contributed by atoms with Gasteiger partial charge in [0.15, 0.2) is 5.96 Å². The SMILES string of the molecule is CN=C(NCCCOCC1CCOCC1)NCCNC(=O)C1CC1.I. The third-order valence-electron chi connectivity index (χ3n) is 4.34. The molecule has 1 saturated carbocycles. The van der Waals surface area contributed by atoms with E-state index in [-0.39, 0.29) is 35.8 Å². The van der Waals surface area contributed by atoms with Crippen molar-refractivity contribution in [3.8, 4) is 0 Å². The normalized spacial score (nSPS) is 18.4. The van der Waals surface area contributed by atoms with E-state index < -0.39 is 0 Å². The van der Waals surface area contributed by atoms with Crippen LogP contribution >= 0.6 is 24.0 Å². The first kappa shape index (κ1) is 22.4. The highest BCUT2D eigenvalue weighted by Gasteiger charge is 2.28. The molecule has 1 aliphatic carbocycles. The molecule has 0 radical (unpaired) electrons. The summed E-state index contributed by atoms with van der Waals surface area (Å²) in [4.78, 5) is 15.7. The van der Waals surface area contributed by atoms with Crippen LogP contribution in [0.4, 0.5) is 0 Å². The van der Waals surface area contributed by atoms with Crippen LogP contribution in [0.5, 0.6) is 0 Å². The molecule has 3 N–H and O–H groups in total. The third-order valence-corrected chi connectivity index (χ3v) is 4.34. The summed E-state index contributed by atoms with van der Waals surface area (Å²) >= 11 is 0. The van der Waals surface area contributed by atoms with Crippen LogP contribution in [0.2, 0.25) is 0 Å². The van der Waals surface area contributed by atoms with E-state index in [1.54, 1.807) is 7.05 Å². The zero-order chi connectivity index (χ0) is 17.0. The minimum absolute atomic E-state index is 0. The van der Waals surface area contributed by atoms with Gasteiger partial charge in [0.2, 0.25) is 5.91 Å². The summed E-state index contributed by atoms with van der Waals surface area (Å²) in [6, 6.07) is 0. The lowest BCUT2D eigenvalue weighted by Crippen LogP contribution is -2.42. The van der Waals surface area contributed by atoms with Crippen molar-refractivity contribution in [1.82, 2.24) is 16.0 Å². The second-order valence-electron chi connectivity index (χ2n) is 6.48. The molecule has 2 aliphatic rings. The van der Waals surface area contributed by atoms with Crippen molar-refractivity contribution in [3.05, 3.63) is 0 Å². The average Bonchev–Trinajstić information content (AvgIpc) is 3.45. The van der Waals surface area contributed by atoms with Crippen LogP contribution in [0, 0.1) is 11.8 Å². The topological polar surface area (TPSA) is 84.0 Å². The van der Waals surface area contributed by atoms with Crippen LogP contribution in [0.3, 0.4) is 0 Å². The molecular formula is C17H33IN4O3. The first-order valence-electron chi connectivity index (χ1n) is 9.17. The highest BCUT2D eigenvalue weighted by molar-refractivity contribution is 14.0. The van der Waals surface area contributed by atoms with Gasteiger partial charge in [-0.2, -0.15) is 0 Å². The van der Waals surface area contributed by atoms with Gasteiger partial charge < -0.3 is 25.4 Å². The maximum absolute atomic E-state index is 11.5. The van der Waals surface area contributed by atoms with Crippen molar-refractivity contribution in [2.45, 2.75) is 32.1 Å². The lowest BCUT2D eigenvalue weighted by Gasteiger charge is -2.21. The highest BCUT2D eigenvalue weighted by Crippen LogP contribution is 2.28. The Labute approximate surface area is 168 Å². The Morgan fingerprint density at radius 1 is 1.08 bits per heavy atom. The number of nitrogens with zero attached hydrogens (tertiary/aromatic N) is 1. The van der Waals surface area contributed by atoms with E-state index in [4.69, 9.17) is 9.47 Å². The largest absolute Gasteiger partial charge is 0.381 e. The highest BCUT2D eigenvalue weighted by atomic mass is 127. The summed E-state index contributed by atoms with van der Waals surface area (Å²) < 4.78 is 11.1. The van der Waals surface area contributed by atoms with Crippen molar-refractivity contribution in [1.29, 1.82) is 0 Å². The minimum atomic E-state index is 0. The number of ether oxygens (including phenoxy) is 2. The number of aliphatic imine (C=N–C) groups is 1. The Hall–Kier alpha value is -0.610. The zero-order valence-corrected chi connectivity index (χ0v) is 17.6. The molecule has 0 aromatic carbocycles. The molecule has 7 nitrogen and oxygen atoms in total. The summed E-state index contributed by atoms with van der Waals surface area (Å²) in [5, 5.41) is 9.38. The number of nitrogens with one attached hydrogen (secondary N) is 3. The quantitative estimate of drug-likeness (QED) is 0.194. The van der Waals surface area contributed by atoms with Gasteiger partial charge in [-0.15, -0.1) is 24.0 Å². The van der Waals surface area contributed by atoms with Gasteiger partial charge in [0.05, 0.1) is 0 Å². The van der Waals surface area contributed by atoms with Gasteiger partial charge in [-0.1, -0.05) is 0 Å². The summed E-state index contributed by atoms with van der Waals surface area (Å²) in [6.07, 6.45) is 5.26. The molecule has 8 heteroatoms. The number of rotatable bonds is 10. The Balaban J connectivity index is 0.00000312. The van der Waals surface area contributed by atoms with Crippen LogP contribution < -0.4 is 16.0 Å². The second kappa shape index (κ2) is 13.6. The maximum atomic E-state index is 11.5. The fourth-order valence-corrected chi connectivity index (χ4v) is 2.62. The molecule has 0 unspecified atom stereocenters. The van der Waals surface area contributed by atoms with Gasteiger partial charge in [-0.05, 0) is 38.0 Å². The fraction of sp³-hybridized carbons (Fsp3) is 0.882. The molecule has 1 amide bonds. The van der Waals surface area contributed by atoms with Gasteiger partial charge in [0.25, 0.3) is 0 Å². The Morgan fingerprint density at radius 3 is 2.44 bits per heavy atom. The van der Waals surface area contributed by atoms with Crippen LogP contribution in [-0.2, 0) is 14.3 Å². The lowest BCUT2D eigenvalue weighted by molar-refractivity contribution is -0.122. The fourth-order valence-electron chi connectivity index (χ4n) is 2.62. The molecule has 0 atom stereocenters. The first-order chi connectivity index (χ1) is 11.8. The number of hydrogen-bond acceptors (Lipinski definition) is 4. The van der Waals surface area contributed by atoms with Gasteiger partial charge in [-0.3, -0.25) is 9.79 Å². The first-order valence-corrected chi connectivity index (χ1v) is 9.17. The number of amides is 1. The average molecular weight is 468 g/mol. The van der Waals surface area contributed by atoms with Crippen molar-refractivity contribution in [3.63, 3.8) is 0 Å². The predicted octanol–water partition coefficient (Wildman–Crippen LogP) is 1.13. The lowest BCUT2D eigenvalue weighted by atomic mass is 10.0. The molecule has 1 saturated heterocycles. The van der Waals surface area contributed by atoms with E-state index in [1.807, 2.05) is 0 Å². The van der Waals surface area contributed by atoms with Gasteiger partial charge >= 0.3 is 0 Å². The van der Waals surface area contributed by atoms with Crippen molar-refractivity contribution in [2.75, 3.05) is 53.1 Å². The minimum Gasteiger partial charge on any atom is -0.381 e. The number of guanidine groups is 1. The smallest absolute Gasteiger partial charge is 0.223 e. The molecule has 2 rings (SSSR count). The van der Waals surface area contributed by atoms with Crippen molar-refractivity contribution in [2.24, 2.45) is 16.8 Å². The van der Waals surface area contributed by atoms with Crippen LogP contribution in [0.25, 0.3) is 0 Å². The van der Waals surface area contributed by atoms with Crippen LogP contribution in [-0.4, -0.2) is 65.0 Å². The number of carbonyl (C=O) groups excluding carboxylic acids is 1. The summed E-state index contributed by atoms with van der Waals surface area (Å²) in [6.45, 7) is 5.48. The molecular weight excluding hydrogens is 435 g/mol. The molecule has 0 bridgehead atoms. The number of halogens is 1. The zero-order valence-electron chi connectivity index (χ0n) is 15.2. The molecule has 0 aromatic rings. The third kappa shape index (κ3) is 10.2. The molecule has 25 heavy (non-hydrogen) atoms. The van der Waals surface area contributed by atoms with Crippen LogP contribution in [0.1, 0.15) is 32.1 Å². The van der Waals surface area contributed by atoms with Crippen molar-refractivity contribution >= 4 is 35.8 Å². The Bertz CT molecular complexity index is 399. The molecule has 146 valence electrons. The second-order valence-corrected chi connectivity index (χ2v) is 6.48. The molecule has 0 spiro atoms. The summed E-state index contributed by atoms with van der Waals surface area (Å²) in [5.74, 6) is 1.87. The molecule has 1 heterocycles. The summed E-state index contributed by atoms with van der Waals surface area (Å²) in [7, 11) is 1.75. The van der Waals surface area contributed by atoms with E-state index >= 15 is 0 Å². The number of hydrogen-bond donors (Lipinski definition) is 3. The molecule has 1 aliphatic heterocycles. The van der Waals surface area contributed by atoms with Crippen LogP contribution in [0.15, 0.2) is 4.99 Å².